The van der Waals surface area contributed by atoms with E-state index in [1.165, 1.54) is 14.0 Å². The smallest absolute Gasteiger partial charge is 0.323 e. The normalized spacial score (nSPS) is 19.2. The Morgan fingerprint density at radius 1 is 1.20 bits per heavy atom. The Morgan fingerprint density at radius 2 is 1.90 bits per heavy atom. The second kappa shape index (κ2) is 8.52. The van der Waals surface area contributed by atoms with Crippen LogP contribution in [0, 0.1) is 0 Å². The number of carbonyl (C=O) groups excluding carboxylic acids is 3. The molecule has 1 aliphatic heterocycles. The highest BCUT2D eigenvalue weighted by Crippen LogP contribution is 2.17. The molecule has 20 heavy (non-hydrogen) atoms. The highest BCUT2D eigenvalue weighted by molar-refractivity contribution is 5.80. The van der Waals surface area contributed by atoms with Crippen molar-refractivity contribution in [3.8, 4) is 0 Å². The van der Waals surface area contributed by atoms with Crippen LogP contribution in [0.15, 0.2) is 0 Å². The van der Waals surface area contributed by atoms with Gasteiger partial charge in [0.25, 0.3) is 0 Å². The summed E-state index contributed by atoms with van der Waals surface area (Å²) < 4.78 is 4.77. The molecule has 1 heterocycles. The molecule has 0 aromatic carbocycles. The van der Waals surface area contributed by atoms with Crippen molar-refractivity contribution >= 4 is 17.8 Å². The zero-order valence-electron chi connectivity index (χ0n) is 12.1. The van der Waals surface area contributed by atoms with Crippen LogP contribution < -0.4 is 10.6 Å². The number of carbonyl (C=O) groups is 3. The first-order chi connectivity index (χ1) is 9.54. The number of nitrogens with zero attached hydrogens (tertiary/aromatic N) is 1. The molecule has 2 amide bonds. The van der Waals surface area contributed by atoms with Gasteiger partial charge in [0, 0.05) is 20.0 Å². The maximum atomic E-state index is 11.8. The fourth-order valence-electron chi connectivity index (χ4n) is 2.26. The summed E-state index contributed by atoms with van der Waals surface area (Å²) in [5, 5.41) is 5.31. The van der Waals surface area contributed by atoms with E-state index in [4.69, 9.17) is 4.74 Å². The Bertz CT molecular complexity index is 360. The van der Waals surface area contributed by atoms with Crippen molar-refractivity contribution in [2.24, 2.45) is 0 Å². The van der Waals surface area contributed by atoms with E-state index >= 15 is 0 Å². The minimum atomic E-state index is -0.324. The molecule has 1 fully saturated rings. The molecule has 0 radical (unpaired) electrons. The lowest BCUT2D eigenvalue weighted by Crippen LogP contribution is -2.50. The molecule has 0 bridgehead atoms. The molecule has 1 atom stereocenters. The van der Waals surface area contributed by atoms with E-state index in [9.17, 15) is 14.4 Å². The van der Waals surface area contributed by atoms with Crippen LogP contribution in [-0.2, 0) is 19.1 Å². The summed E-state index contributed by atoms with van der Waals surface area (Å²) in [6.45, 7) is 3.12. The lowest BCUT2D eigenvalue weighted by molar-refractivity contribution is -0.148. The van der Waals surface area contributed by atoms with E-state index in [2.05, 4.69) is 10.6 Å². The van der Waals surface area contributed by atoms with Gasteiger partial charge in [-0.1, -0.05) is 6.42 Å². The number of hydrogen-bond donors (Lipinski definition) is 2. The third kappa shape index (κ3) is 5.56. The monoisotopic (exact) mass is 285 g/mol. The van der Waals surface area contributed by atoms with Gasteiger partial charge < -0.3 is 15.4 Å². The lowest BCUT2D eigenvalue weighted by atomic mass is 10.0. The molecule has 0 spiro atoms. The van der Waals surface area contributed by atoms with Crippen LogP contribution in [-0.4, -0.2) is 62.0 Å². The Labute approximate surface area is 119 Å². The van der Waals surface area contributed by atoms with E-state index in [1.807, 2.05) is 4.90 Å². The second-order valence-electron chi connectivity index (χ2n) is 4.84. The second-order valence-corrected chi connectivity index (χ2v) is 4.84. The molecule has 1 rings (SSSR count). The predicted octanol–water partition coefficient (Wildman–Crippen LogP) is -0.734. The van der Waals surface area contributed by atoms with E-state index < -0.39 is 0 Å². The summed E-state index contributed by atoms with van der Waals surface area (Å²) in [7, 11) is 1.36. The first-order valence-electron chi connectivity index (χ1n) is 6.87. The van der Waals surface area contributed by atoms with E-state index in [1.54, 1.807) is 0 Å². The molecule has 0 aliphatic carbocycles. The largest absolute Gasteiger partial charge is 0.468 e. The topological polar surface area (TPSA) is 87.7 Å². The van der Waals surface area contributed by atoms with Gasteiger partial charge in [0.05, 0.1) is 13.7 Å². The Kier molecular flexibility index (Phi) is 7.00. The van der Waals surface area contributed by atoms with Crippen LogP contribution >= 0.6 is 0 Å². The van der Waals surface area contributed by atoms with Gasteiger partial charge >= 0.3 is 5.97 Å². The molecule has 0 aromatic heterocycles. The standard InChI is InChI=1S/C13H23N3O4/c1-10(17)14-6-7-15-12(18)9-16-8-4-3-5-11(16)13(19)20-2/h11H,3-9H2,1-2H3,(H,14,17)(H,15,18). The average Bonchev–Trinajstić information content (AvgIpc) is 2.43. The van der Waals surface area contributed by atoms with E-state index in [0.717, 1.165) is 25.8 Å². The first-order valence-corrected chi connectivity index (χ1v) is 6.87. The molecule has 7 heteroatoms. The lowest BCUT2D eigenvalue weighted by Gasteiger charge is -2.32. The fourth-order valence-corrected chi connectivity index (χ4v) is 2.26. The molecule has 0 aromatic rings. The first kappa shape index (κ1) is 16.4. The molecular formula is C13H23N3O4. The average molecular weight is 285 g/mol. The van der Waals surface area contributed by atoms with Gasteiger partial charge in [-0.05, 0) is 19.4 Å². The number of methoxy groups -OCH3 is 1. The van der Waals surface area contributed by atoms with Crippen LogP contribution in [0.25, 0.3) is 0 Å². The summed E-state index contributed by atoms with van der Waals surface area (Å²) in [6, 6.07) is -0.324. The van der Waals surface area contributed by atoms with Crippen LogP contribution in [0.4, 0.5) is 0 Å². The van der Waals surface area contributed by atoms with Crippen molar-refractivity contribution in [2.45, 2.75) is 32.2 Å². The van der Waals surface area contributed by atoms with Crippen LogP contribution in [0.2, 0.25) is 0 Å². The van der Waals surface area contributed by atoms with Gasteiger partial charge in [0.2, 0.25) is 11.8 Å². The van der Waals surface area contributed by atoms with Gasteiger partial charge in [-0.3, -0.25) is 19.3 Å². The fraction of sp³-hybridized carbons (Fsp3) is 0.769. The van der Waals surface area contributed by atoms with Gasteiger partial charge in [-0.15, -0.1) is 0 Å². The third-order valence-corrected chi connectivity index (χ3v) is 3.25. The minimum Gasteiger partial charge on any atom is -0.468 e. The molecular weight excluding hydrogens is 262 g/mol. The number of nitrogens with one attached hydrogen (secondary N) is 2. The quantitative estimate of drug-likeness (QED) is 0.496. The van der Waals surface area contributed by atoms with E-state index in [0.29, 0.717) is 13.1 Å². The summed E-state index contributed by atoms with van der Waals surface area (Å²) >= 11 is 0. The van der Waals surface area contributed by atoms with Gasteiger partial charge in [0.15, 0.2) is 0 Å². The number of amides is 2. The van der Waals surface area contributed by atoms with Crippen molar-refractivity contribution in [1.82, 2.24) is 15.5 Å². The minimum absolute atomic E-state index is 0.124. The van der Waals surface area contributed by atoms with Crippen molar-refractivity contribution in [1.29, 1.82) is 0 Å². The van der Waals surface area contributed by atoms with Crippen molar-refractivity contribution < 1.29 is 19.1 Å². The number of ether oxygens (including phenoxy) is 1. The molecule has 114 valence electrons. The van der Waals surface area contributed by atoms with Crippen molar-refractivity contribution in [3.05, 3.63) is 0 Å². The molecule has 1 unspecified atom stereocenters. The molecule has 1 aliphatic rings. The highest BCUT2D eigenvalue weighted by Gasteiger charge is 2.30. The van der Waals surface area contributed by atoms with Crippen LogP contribution in [0.5, 0.6) is 0 Å². The Balaban J connectivity index is 2.34. The third-order valence-electron chi connectivity index (χ3n) is 3.25. The Morgan fingerprint density at radius 3 is 2.55 bits per heavy atom. The van der Waals surface area contributed by atoms with Crippen LogP contribution in [0.3, 0.4) is 0 Å². The van der Waals surface area contributed by atoms with Crippen LogP contribution in [0.1, 0.15) is 26.2 Å². The number of rotatable bonds is 6. The number of esters is 1. The summed E-state index contributed by atoms with van der Waals surface area (Å²) in [5.74, 6) is -0.553. The maximum absolute atomic E-state index is 11.8. The summed E-state index contributed by atoms with van der Waals surface area (Å²) in [4.78, 5) is 36.0. The SMILES string of the molecule is COC(=O)C1CCCCN1CC(=O)NCCNC(C)=O. The van der Waals surface area contributed by atoms with E-state index in [-0.39, 0.29) is 30.4 Å². The zero-order chi connectivity index (χ0) is 15.0. The zero-order valence-corrected chi connectivity index (χ0v) is 12.1. The summed E-state index contributed by atoms with van der Waals surface area (Å²) in [6.07, 6.45) is 2.68. The molecule has 1 saturated heterocycles. The summed E-state index contributed by atoms with van der Waals surface area (Å²) in [5.41, 5.74) is 0. The van der Waals surface area contributed by atoms with Gasteiger partial charge in [-0.2, -0.15) is 0 Å². The van der Waals surface area contributed by atoms with Crippen molar-refractivity contribution in [3.63, 3.8) is 0 Å². The maximum Gasteiger partial charge on any atom is 0.323 e. The number of likely N-dealkylation sites (tertiary alicyclic amines) is 1. The predicted molar refractivity (Wildman–Crippen MR) is 72.9 cm³/mol. The van der Waals surface area contributed by atoms with Gasteiger partial charge in [0.1, 0.15) is 6.04 Å². The molecule has 2 N–H and O–H groups in total. The molecule has 0 saturated carbocycles. The van der Waals surface area contributed by atoms with Crippen molar-refractivity contribution in [2.75, 3.05) is 33.3 Å². The number of hydrogen-bond acceptors (Lipinski definition) is 5. The number of piperidine rings is 1. The Hall–Kier alpha value is -1.63. The molecule has 7 nitrogen and oxygen atoms in total. The highest BCUT2D eigenvalue weighted by atomic mass is 16.5. The van der Waals surface area contributed by atoms with Gasteiger partial charge in [-0.25, -0.2) is 0 Å².